The van der Waals surface area contributed by atoms with Crippen LogP contribution in [-0.2, 0) is 4.79 Å². The predicted octanol–water partition coefficient (Wildman–Crippen LogP) is 2.22. The highest BCUT2D eigenvalue weighted by atomic mass is 16.5. The van der Waals surface area contributed by atoms with Crippen molar-refractivity contribution >= 4 is 11.8 Å². The van der Waals surface area contributed by atoms with Gasteiger partial charge in [-0.2, -0.15) is 0 Å². The summed E-state index contributed by atoms with van der Waals surface area (Å²) in [7, 11) is 0. The first kappa shape index (κ1) is 15.8. The van der Waals surface area contributed by atoms with Crippen LogP contribution in [0.25, 0.3) is 0 Å². The molecule has 1 saturated heterocycles. The number of rotatable bonds is 5. The first-order valence-corrected chi connectivity index (χ1v) is 8.50. The van der Waals surface area contributed by atoms with Crippen molar-refractivity contribution < 1.29 is 14.3 Å². The Morgan fingerprint density at radius 3 is 2.52 bits per heavy atom. The van der Waals surface area contributed by atoms with Crippen LogP contribution in [0.4, 0.5) is 0 Å². The lowest BCUT2D eigenvalue weighted by Crippen LogP contribution is -2.47. The van der Waals surface area contributed by atoms with Crippen molar-refractivity contribution in [2.45, 2.75) is 38.6 Å². The minimum atomic E-state index is -0.0963. The number of likely N-dealkylation sites (tertiary alicyclic amines) is 1. The molecule has 0 bridgehead atoms. The minimum absolute atomic E-state index is 0.0963. The Kier molecular flexibility index (Phi) is 4.84. The molecule has 124 valence electrons. The molecular formula is C18H24N2O3. The number of para-hydroxylation sites is 1. The third-order valence-electron chi connectivity index (χ3n) is 4.50. The number of piperidine rings is 1. The molecule has 3 rings (SSSR count). The Balaban J connectivity index is 1.54. The maximum absolute atomic E-state index is 12.5. The van der Waals surface area contributed by atoms with Crippen molar-refractivity contribution in [1.82, 2.24) is 10.2 Å². The predicted molar refractivity (Wildman–Crippen MR) is 87.4 cm³/mol. The maximum Gasteiger partial charge on any atom is 0.255 e. The van der Waals surface area contributed by atoms with Crippen molar-refractivity contribution in [3.05, 3.63) is 29.8 Å². The normalized spacial score (nSPS) is 18.6. The van der Waals surface area contributed by atoms with E-state index in [1.54, 1.807) is 6.07 Å². The highest BCUT2D eigenvalue weighted by Gasteiger charge is 2.35. The van der Waals surface area contributed by atoms with Gasteiger partial charge in [-0.15, -0.1) is 0 Å². The van der Waals surface area contributed by atoms with Crippen molar-refractivity contribution in [2.24, 2.45) is 5.92 Å². The third kappa shape index (κ3) is 3.84. The van der Waals surface area contributed by atoms with E-state index < -0.39 is 0 Å². The topological polar surface area (TPSA) is 58.6 Å². The van der Waals surface area contributed by atoms with Crippen molar-refractivity contribution in [3.63, 3.8) is 0 Å². The number of carbonyl (C=O) groups excluding carboxylic acids is 2. The van der Waals surface area contributed by atoms with Gasteiger partial charge < -0.3 is 15.0 Å². The monoisotopic (exact) mass is 316 g/mol. The number of carbonyl (C=O) groups is 2. The first-order chi connectivity index (χ1) is 11.2. The van der Waals surface area contributed by atoms with Gasteiger partial charge in [0.2, 0.25) is 5.91 Å². The Morgan fingerprint density at radius 2 is 1.87 bits per heavy atom. The van der Waals surface area contributed by atoms with Crippen LogP contribution in [0.3, 0.4) is 0 Å². The largest absolute Gasteiger partial charge is 0.493 e. The fourth-order valence-electron chi connectivity index (χ4n) is 3.03. The molecular weight excluding hydrogens is 292 g/mol. The lowest BCUT2D eigenvalue weighted by Gasteiger charge is -2.32. The number of hydrogen-bond acceptors (Lipinski definition) is 3. The highest BCUT2D eigenvalue weighted by Crippen LogP contribution is 2.32. The third-order valence-corrected chi connectivity index (χ3v) is 4.50. The average molecular weight is 316 g/mol. The Hall–Kier alpha value is -2.04. The van der Waals surface area contributed by atoms with Gasteiger partial charge in [0.15, 0.2) is 0 Å². The summed E-state index contributed by atoms with van der Waals surface area (Å²) in [6, 6.07) is 7.43. The molecule has 2 amide bonds. The highest BCUT2D eigenvalue weighted by molar-refractivity contribution is 5.97. The molecule has 0 atom stereocenters. The van der Waals surface area contributed by atoms with Crippen LogP contribution in [0.1, 0.15) is 43.0 Å². The van der Waals surface area contributed by atoms with E-state index in [2.05, 4.69) is 5.32 Å². The van der Waals surface area contributed by atoms with Gasteiger partial charge in [-0.25, -0.2) is 0 Å². The first-order valence-electron chi connectivity index (χ1n) is 8.50. The van der Waals surface area contributed by atoms with Crippen LogP contribution < -0.4 is 10.1 Å². The van der Waals surface area contributed by atoms with Gasteiger partial charge in [-0.3, -0.25) is 9.59 Å². The van der Waals surface area contributed by atoms with E-state index in [0.29, 0.717) is 23.8 Å². The van der Waals surface area contributed by atoms with Crippen LogP contribution in [0, 0.1) is 5.92 Å². The van der Waals surface area contributed by atoms with Crippen LogP contribution in [-0.4, -0.2) is 42.5 Å². The molecule has 0 spiro atoms. The summed E-state index contributed by atoms with van der Waals surface area (Å²) >= 11 is 0. The van der Waals surface area contributed by atoms with E-state index in [4.69, 9.17) is 4.74 Å². The Bertz CT molecular complexity index is 575. The second kappa shape index (κ2) is 7.02. The lowest BCUT2D eigenvalue weighted by molar-refractivity contribution is -0.133. The molecule has 2 aliphatic rings. The van der Waals surface area contributed by atoms with E-state index in [0.717, 1.165) is 38.8 Å². The van der Waals surface area contributed by atoms with E-state index in [-0.39, 0.29) is 17.9 Å². The fraction of sp³-hybridized carbons (Fsp3) is 0.556. The molecule has 0 radical (unpaired) electrons. The number of benzene rings is 1. The molecule has 0 aromatic heterocycles. The van der Waals surface area contributed by atoms with E-state index in [1.807, 2.05) is 30.0 Å². The summed E-state index contributed by atoms with van der Waals surface area (Å²) in [5, 5.41) is 3.08. The summed E-state index contributed by atoms with van der Waals surface area (Å²) in [4.78, 5) is 26.5. The number of ether oxygens (including phenoxy) is 1. The van der Waals surface area contributed by atoms with Gasteiger partial charge in [0.05, 0.1) is 12.2 Å². The number of amides is 2. The zero-order valence-corrected chi connectivity index (χ0v) is 13.6. The standard InChI is InChI=1S/C18H24N2O3/c1-2-23-16-6-4-3-5-15(16)17(21)19-14-9-11-20(12-10-14)18(22)13-7-8-13/h3-6,13-14H,2,7-12H2,1H3,(H,19,21). The molecule has 1 aliphatic carbocycles. The van der Waals surface area contributed by atoms with Crippen LogP contribution >= 0.6 is 0 Å². The smallest absolute Gasteiger partial charge is 0.255 e. The van der Waals surface area contributed by atoms with Gasteiger partial charge in [-0.1, -0.05) is 12.1 Å². The molecule has 5 heteroatoms. The minimum Gasteiger partial charge on any atom is -0.493 e. The molecule has 1 N–H and O–H groups in total. The van der Waals surface area contributed by atoms with Crippen molar-refractivity contribution in [3.8, 4) is 5.75 Å². The van der Waals surface area contributed by atoms with E-state index >= 15 is 0 Å². The summed E-state index contributed by atoms with van der Waals surface area (Å²) in [5.41, 5.74) is 0.575. The molecule has 1 aromatic carbocycles. The zero-order valence-electron chi connectivity index (χ0n) is 13.6. The van der Waals surface area contributed by atoms with E-state index in [1.165, 1.54) is 0 Å². The quantitative estimate of drug-likeness (QED) is 0.906. The lowest BCUT2D eigenvalue weighted by atomic mass is 10.0. The molecule has 1 heterocycles. The molecule has 23 heavy (non-hydrogen) atoms. The summed E-state index contributed by atoms with van der Waals surface area (Å²) in [6.07, 6.45) is 3.73. The van der Waals surface area contributed by atoms with Gasteiger partial charge in [0.1, 0.15) is 5.75 Å². The van der Waals surface area contributed by atoms with E-state index in [9.17, 15) is 9.59 Å². The molecule has 1 saturated carbocycles. The number of hydrogen-bond donors (Lipinski definition) is 1. The molecule has 2 fully saturated rings. The second-order valence-corrected chi connectivity index (χ2v) is 6.28. The fourth-order valence-corrected chi connectivity index (χ4v) is 3.03. The summed E-state index contributed by atoms with van der Waals surface area (Å²) < 4.78 is 5.52. The van der Waals surface area contributed by atoms with Crippen molar-refractivity contribution in [1.29, 1.82) is 0 Å². The van der Waals surface area contributed by atoms with Crippen LogP contribution in [0.2, 0.25) is 0 Å². The maximum atomic E-state index is 12.5. The average Bonchev–Trinajstić information content (AvgIpc) is 3.40. The zero-order chi connectivity index (χ0) is 16.2. The number of nitrogens with zero attached hydrogens (tertiary/aromatic N) is 1. The second-order valence-electron chi connectivity index (χ2n) is 6.28. The Morgan fingerprint density at radius 1 is 1.17 bits per heavy atom. The SMILES string of the molecule is CCOc1ccccc1C(=O)NC1CCN(C(=O)C2CC2)CC1. The summed E-state index contributed by atoms with van der Waals surface area (Å²) in [6.45, 7) is 3.92. The van der Waals surface area contributed by atoms with Gasteiger partial charge >= 0.3 is 0 Å². The van der Waals surface area contributed by atoms with Gasteiger partial charge in [0.25, 0.3) is 5.91 Å². The van der Waals surface area contributed by atoms with Gasteiger partial charge in [0, 0.05) is 25.0 Å². The van der Waals surface area contributed by atoms with Crippen LogP contribution in [0.15, 0.2) is 24.3 Å². The molecule has 0 unspecified atom stereocenters. The summed E-state index contributed by atoms with van der Waals surface area (Å²) in [5.74, 6) is 1.10. The van der Waals surface area contributed by atoms with Crippen LogP contribution in [0.5, 0.6) is 5.75 Å². The van der Waals surface area contributed by atoms with Gasteiger partial charge in [-0.05, 0) is 44.7 Å². The number of nitrogens with one attached hydrogen (secondary N) is 1. The molecule has 1 aliphatic heterocycles. The molecule has 1 aromatic rings. The molecule has 5 nitrogen and oxygen atoms in total. The van der Waals surface area contributed by atoms with Crippen molar-refractivity contribution in [2.75, 3.05) is 19.7 Å². The Labute approximate surface area is 137 Å².